The van der Waals surface area contributed by atoms with Crippen molar-refractivity contribution in [3.8, 4) is 17.5 Å². The van der Waals surface area contributed by atoms with Gasteiger partial charge in [-0.3, -0.25) is 4.79 Å². The summed E-state index contributed by atoms with van der Waals surface area (Å²) >= 11 is 1.19. The van der Waals surface area contributed by atoms with E-state index in [-0.39, 0.29) is 11.7 Å². The van der Waals surface area contributed by atoms with Crippen LogP contribution in [0.3, 0.4) is 0 Å². The summed E-state index contributed by atoms with van der Waals surface area (Å²) in [5, 5.41) is 24.8. The maximum Gasteiger partial charge on any atom is 0.235 e. The molecule has 168 valence electrons. The van der Waals surface area contributed by atoms with E-state index in [1.807, 2.05) is 36.6 Å². The van der Waals surface area contributed by atoms with Crippen LogP contribution >= 0.6 is 11.8 Å². The van der Waals surface area contributed by atoms with E-state index in [4.69, 9.17) is 9.15 Å². The van der Waals surface area contributed by atoms with Crippen LogP contribution in [0.2, 0.25) is 0 Å². The number of ether oxygens (including phenoxy) is 1. The van der Waals surface area contributed by atoms with Gasteiger partial charge in [-0.15, -0.1) is 5.10 Å². The number of tetrazole rings is 1. The number of aromatic nitrogens is 5. The molecule has 10 nitrogen and oxygen atoms in total. The highest BCUT2D eigenvalue weighted by Crippen LogP contribution is 2.28. The first kappa shape index (κ1) is 22.2. The first-order chi connectivity index (χ1) is 16.0. The molecule has 0 fully saturated rings. The van der Waals surface area contributed by atoms with Gasteiger partial charge in [-0.05, 0) is 66.2 Å². The lowest BCUT2D eigenvalue weighted by molar-refractivity contribution is -0.113. The van der Waals surface area contributed by atoms with Gasteiger partial charge in [0.05, 0.1) is 36.9 Å². The molecule has 1 amide bonds. The van der Waals surface area contributed by atoms with E-state index in [2.05, 4.69) is 26.9 Å². The van der Waals surface area contributed by atoms with E-state index >= 15 is 0 Å². The minimum absolute atomic E-state index is 0.0609. The number of furan rings is 1. The van der Waals surface area contributed by atoms with Gasteiger partial charge in [0.1, 0.15) is 23.4 Å². The number of nitrogens with one attached hydrogen (secondary N) is 1. The van der Waals surface area contributed by atoms with Crippen LogP contribution in [0, 0.1) is 25.2 Å². The van der Waals surface area contributed by atoms with Crippen molar-refractivity contribution in [2.75, 3.05) is 18.2 Å². The van der Waals surface area contributed by atoms with E-state index in [1.165, 1.54) is 11.8 Å². The molecule has 4 rings (SSSR count). The number of nitriles is 1. The summed E-state index contributed by atoms with van der Waals surface area (Å²) in [5.41, 5.74) is 2.87. The van der Waals surface area contributed by atoms with Gasteiger partial charge in [-0.2, -0.15) is 9.94 Å². The number of carbonyl (C=O) groups excluding carboxylic acids is 1. The molecule has 0 unspecified atom stereocenters. The zero-order chi connectivity index (χ0) is 23.4. The van der Waals surface area contributed by atoms with Gasteiger partial charge in [-0.25, -0.2) is 0 Å². The Labute approximate surface area is 194 Å². The Morgan fingerprint density at radius 1 is 1.27 bits per heavy atom. The average molecular weight is 464 g/mol. The van der Waals surface area contributed by atoms with Crippen molar-refractivity contribution >= 4 is 23.5 Å². The Bertz CT molecular complexity index is 1300. The molecule has 1 aromatic carbocycles. The second-order valence-electron chi connectivity index (χ2n) is 7.12. The van der Waals surface area contributed by atoms with Crippen molar-refractivity contribution in [3.63, 3.8) is 0 Å². The molecule has 0 aliphatic carbocycles. The predicted molar refractivity (Wildman–Crippen MR) is 121 cm³/mol. The molecule has 11 heteroatoms. The number of nitrogens with zero attached hydrogens (tertiary/aromatic N) is 6. The summed E-state index contributed by atoms with van der Waals surface area (Å²) in [4.78, 5) is 12.8. The van der Waals surface area contributed by atoms with Crippen molar-refractivity contribution in [1.29, 1.82) is 5.26 Å². The molecule has 4 aromatic rings. The van der Waals surface area contributed by atoms with E-state index < -0.39 is 0 Å². The minimum Gasteiger partial charge on any atom is -0.497 e. The quantitative estimate of drug-likeness (QED) is 0.395. The van der Waals surface area contributed by atoms with Crippen molar-refractivity contribution in [1.82, 2.24) is 24.8 Å². The summed E-state index contributed by atoms with van der Waals surface area (Å²) in [6.45, 7) is 4.17. The minimum atomic E-state index is -0.279. The lowest BCUT2D eigenvalue weighted by Gasteiger charge is -2.12. The predicted octanol–water partition coefficient (Wildman–Crippen LogP) is 3.33. The highest BCUT2D eigenvalue weighted by Gasteiger charge is 2.21. The largest absolute Gasteiger partial charge is 0.497 e. The van der Waals surface area contributed by atoms with Crippen LogP contribution in [-0.4, -0.2) is 43.5 Å². The summed E-state index contributed by atoms with van der Waals surface area (Å²) in [6.07, 6.45) is 1.59. The molecule has 0 atom stereocenters. The monoisotopic (exact) mass is 463 g/mol. The topological polar surface area (TPSA) is 124 Å². The standard InChI is InChI=1S/C22H21N7O3S/c1-14-15(2)28(12-18-5-4-10-32-18)21(19(14)11-23)24-20(30)13-33-22-25-26-27-29(22)16-6-8-17(31-3)9-7-16/h4-10H,12-13H2,1-3H3,(H,24,30). The first-order valence-corrected chi connectivity index (χ1v) is 11.0. The number of anilines is 1. The molecule has 1 N–H and O–H groups in total. The van der Waals surface area contributed by atoms with E-state index in [0.717, 1.165) is 28.5 Å². The second kappa shape index (κ2) is 9.62. The van der Waals surface area contributed by atoms with Gasteiger partial charge in [-0.1, -0.05) is 11.8 Å². The number of rotatable bonds is 8. The lowest BCUT2D eigenvalue weighted by Crippen LogP contribution is -2.19. The Hall–Kier alpha value is -4.04. The molecular formula is C22H21N7O3S. The molecular weight excluding hydrogens is 442 g/mol. The molecule has 0 aliphatic heterocycles. The third-order valence-electron chi connectivity index (χ3n) is 5.18. The van der Waals surface area contributed by atoms with Crippen LogP contribution in [0.25, 0.3) is 5.69 Å². The van der Waals surface area contributed by atoms with Gasteiger partial charge in [0, 0.05) is 5.69 Å². The van der Waals surface area contributed by atoms with Gasteiger partial charge in [0.2, 0.25) is 11.1 Å². The molecule has 0 radical (unpaired) electrons. The summed E-state index contributed by atoms with van der Waals surface area (Å²) < 4.78 is 14.0. The third-order valence-corrected chi connectivity index (χ3v) is 6.10. The van der Waals surface area contributed by atoms with Gasteiger partial charge in [0.25, 0.3) is 0 Å². The molecule has 0 saturated heterocycles. The van der Waals surface area contributed by atoms with Crippen molar-refractivity contribution in [2.45, 2.75) is 25.5 Å². The number of amides is 1. The summed E-state index contributed by atoms with van der Waals surface area (Å²) in [7, 11) is 1.59. The lowest BCUT2D eigenvalue weighted by atomic mass is 10.2. The Balaban J connectivity index is 1.50. The van der Waals surface area contributed by atoms with Crippen LogP contribution in [0.1, 0.15) is 22.6 Å². The molecule has 0 bridgehead atoms. The van der Waals surface area contributed by atoms with E-state index in [9.17, 15) is 10.1 Å². The van der Waals surface area contributed by atoms with Gasteiger partial charge < -0.3 is 19.0 Å². The van der Waals surface area contributed by atoms with Crippen LogP contribution in [0.15, 0.2) is 52.2 Å². The summed E-state index contributed by atoms with van der Waals surface area (Å²) in [6, 6.07) is 13.1. The molecule has 3 heterocycles. The van der Waals surface area contributed by atoms with Gasteiger partial charge >= 0.3 is 0 Å². The van der Waals surface area contributed by atoms with Crippen LogP contribution in [-0.2, 0) is 11.3 Å². The van der Waals surface area contributed by atoms with Crippen LogP contribution < -0.4 is 10.1 Å². The molecule has 0 saturated carbocycles. The normalized spacial score (nSPS) is 10.7. The fraction of sp³-hybridized carbons (Fsp3) is 0.227. The van der Waals surface area contributed by atoms with Gasteiger partial charge in [0.15, 0.2) is 0 Å². The second-order valence-corrected chi connectivity index (χ2v) is 8.06. The van der Waals surface area contributed by atoms with Crippen molar-refractivity contribution in [2.24, 2.45) is 0 Å². The Morgan fingerprint density at radius 3 is 2.73 bits per heavy atom. The highest BCUT2D eigenvalue weighted by molar-refractivity contribution is 7.99. The fourth-order valence-corrected chi connectivity index (χ4v) is 4.03. The number of thioether (sulfide) groups is 1. The SMILES string of the molecule is COc1ccc(-n2nnnc2SCC(=O)Nc2c(C#N)c(C)c(C)n2Cc2ccco2)cc1. The van der Waals surface area contributed by atoms with Crippen molar-refractivity contribution < 1.29 is 13.9 Å². The van der Waals surface area contributed by atoms with Crippen LogP contribution in [0.4, 0.5) is 5.82 Å². The molecule has 3 aromatic heterocycles. The Kier molecular flexibility index (Phi) is 6.46. The first-order valence-electron chi connectivity index (χ1n) is 9.99. The molecule has 0 spiro atoms. The van der Waals surface area contributed by atoms with E-state index in [0.29, 0.717) is 23.1 Å². The van der Waals surface area contributed by atoms with Crippen LogP contribution in [0.5, 0.6) is 5.75 Å². The molecule has 33 heavy (non-hydrogen) atoms. The smallest absolute Gasteiger partial charge is 0.235 e. The number of hydrogen-bond donors (Lipinski definition) is 1. The maximum absolute atomic E-state index is 12.8. The zero-order valence-electron chi connectivity index (χ0n) is 18.3. The van der Waals surface area contributed by atoms with Crippen molar-refractivity contribution in [3.05, 3.63) is 65.2 Å². The number of methoxy groups -OCH3 is 1. The van der Waals surface area contributed by atoms with E-state index in [1.54, 1.807) is 36.3 Å². The third kappa shape index (κ3) is 4.61. The number of hydrogen-bond acceptors (Lipinski definition) is 8. The highest BCUT2D eigenvalue weighted by atomic mass is 32.2. The number of benzene rings is 1. The zero-order valence-corrected chi connectivity index (χ0v) is 19.1. The number of carbonyl (C=O) groups is 1. The molecule has 0 aliphatic rings. The summed E-state index contributed by atoms with van der Waals surface area (Å²) in [5.74, 6) is 1.67. The fourth-order valence-electron chi connectivity index (χ4n) is 3.34. The average Bonchev–Trinajstić information content (AvgIpc) is 3.56. The maximum atomic E-state index is 12.8. The Morgan fingerprint density at radius 2 is 2.06 bits per heavy atom.